The number of aromatic nitrogens is 1. The number of hydrogen-bond donors (Lipinski definition) is 2. The predicted octanol–water partition coefficient (Wildman–Crippen LogP) is 4.66. The molecular weight excluding hydrogens is 448 g/mol. The Morgan fingerprint density at radius 2 is 1.74 bits per heavy atom. The Bertz CT molecular complexity index is 1200. The number of nitrogens with zero attached hydrogens (tertiary/aromatic N) is 1. The number of rotatable bonds is 9. The lowest BCUT2D eigenvalue weighted by molar-refractivity contribution is -0.139. The Kier molecular flexibility index (Phi) is 8.20. The molecule has 35 heavy (non-hydrogen) atoms. The maximum absolute atomic E-state index is 13.0. The summed E-state index contributed by atoms with van der Waals surface area (Å²) in [7, 11) is 0. The minimum atomic E-state index is -1.08. The second kappa shape index (κ2) is 11.3. The van der Waals surface area contributed by atoms with E-state index in [2.05, 4.69) is 10.3 Å². The van der Waals surface area contributed by atoms with Gasteiger partial charge < -0.3 is 19.9 Å². The summed E-state index contributed by atoms with van der Waals surface area (Å²) in [5, 5.41) is 11.7. The highest BCUT2D eigenvalue weighted by molar-refractivity contribution is 5.98. The zero-order valence-electron chi connectivity index (χ0n) is 19.9. The van der Waals surface area contributed by atoms with Crippen molar-refractivity contribution in [3.8, 4) is 16.9 Å². The number of alkyl carbamates (subject to hydrolysis) is 1. The molecular formula is C27H28N2O6. The monoisotopic (exact) mass is 476 g/mol. The molecule has 182 valence electrons. The Balaban J connectivity index is 1.91. The van der Waals surface area contributed by atoms with Crippen LogP contribution in [0.15, 0.2) is 67.0 Å². The van der Waals surface area contributed by atoms with Crippen molar-refractivity contribution >= 4 is 17.8 Å². The summed E-state index contributed by atoms with van der Waals surface area (Å²) in [6.07, 6.45) is 2.95. The van der Waals surface area contributed by atoms with Crippen LogP contribution in [0.4, 0.5) is 4.79 Å². The van der Waals surface area contributed by atoms with Crippen LogP contribution in [-0.4, -0.2) is 40.1 Å². The Morgan fingerprint density at radius 1 is 1.00 bits per heavy atom. The SMILES string of the molecule is CC(C)(C)OC(=O)NCc1ccc(C(=O)Cc2ccncc2)cc1-c1cccc(OCC(=O)O)c1. The second-order valence-electron chi connectivity index (χ2n) is 8.89. The fourth-order valence-corrected chi connectivity index (χ4v) is 3.34. The lowest BCUT2D eigenvalue weighted by atomic mass is 9.94. The molecule has 0 unspecified atom stereocenters. The number of carboxylic acids is 1. The number of hydrogen-bond acceptors (Lipinski definition) is 6. The number of carbonyl (C=O) groups is 3. The number of pyridine rings is 1. The molecule has 8 heteroatoms. The highest BCUT2D eigenvalue weighted by atomic mass is 16.6. The van der Waals surface area contributed by atoms with Crippen LogP contribution in [0.25, 0.3) is 11.1 Å². The molecule has 1 heterocycles. The number of aliphatic carboxylic acids is 1. The third kappa shape index (κ3) is 7.96. The fraction of sp³-hybridized carbons (Fsp3) is 0.259. The summed E-state index contributed by atoms with van der Waals surface area (Å²) >= 11 is 0. The summed E-state index contributed by atoms with van der Waals surface area (Å²) in [5.74, 6) is -0.770. The van der Waals surface area contributed by atoms with Gasteiger partial charge in [-0.15, -0.1) is 0 Å². The number of ether oxygens (including phenoxy) is 2. The van der Waals surface area contributed by atoms with Crippen molar-refractivity contribution in [2.45, 2.75) is 39.3 Å². The van der Waals surface area contributed by atoms with Gasteiger partial charge in [-0.05, 0) is 73.4 Å². The molecule has 0 aliphatic carbocycles. The highest BCUT2D eigenvalue weighted by Crippen LogP contribution is 2.29. The number of benzene rings is 2. The van der Waals surface area contributed by atoms with Crippen LogP contribution in [-0.2, 0) is 22.5 Å². The van der Waals surface area contributed by atoms with Gasteiger partial charge >= 0.3 is 12.1 Å². The standard InChI is InChI=1S/C27H28N2O6/c1-27(2,3)35-26(33)29-16-21-8-7-20(24(30)13-18-9-11-28-12-10-18)15-23(21)19-5-4-6-22(14-19)34-17-25(31)32/h4-12,14-15H,13,16-17H2,1-3H3,(H,29,33)(H,31,32). The predicted molar refractivity (Wildman–Crippen MR) is 130 cm³/mol. The maximum Gasteiger partial charge on any atom is 0.407 e. The number of nitrogens with one attached hydrogen (secondary N) is 1. The molecule has 3 rings (SSSR count). The lowest BCUT2D eigenvalue weighted by Crippen LogP contribution is -2.32. The van der Waals surface area contributed by atoms with Crippen molar-refractivity contribution in [3.63, 3.8) is 0 Å². The molecule has 0 spiro atoms. The number of Topliss-reactive ketones (excluding diaryl/α,β-unsaturated/α-hetero) is 1. The van der Waals surface area contributed by atoms with E-state index in [0.29, 0.717) is 22.4 Å². The largest absolute Gasteiger partial charge is 0.482 e. The third-order valence-corrected chi connectivity index (χ3v) is 4.88. The van der Waals surface area contributed by atoms with Crippen LogP contribution in [0.1, 0.15) is 42.3 Å². The zero-order valence-corrected chi connectivity index (χ0v) is 19.9. The van der Waals surface area contributed by atoms with Crippen molar-refractivity contribution in [2.24, 2.45) is 0 Å². The lowest BCUT2D eigenvalue weighted by Gasteiger charge is -2.20. The molecule has 0 radical (unpaired) electrons. The van der Waals surface area contributed by atoms with Gasteiger partial charge in [0.2, 0.25) is 0 Å². The van der Waals surface area contributed by atoms with Crippen LogP contribution in [0, 0.1) is 0 Å². The highest BCUT2D eigenvalue weighted by Gasteiger charge is 2.17. The molecule has 0 saturated carbocycles. The molecule has 0 fully saturated rings. The molecule has 0 aliphatic rings. The molecule has 0 atom stereocenters. The minimum absolute atomic E-state index is 0.0672. The van der Waals surface area contributed by atoms with Crippen LogP contribution in [0.2, 0.25) is 0 Å². The van der Waals surface area contributed by atoms with E-state index >= 15 is 0 Å². The van der Waals surface area contributed by atoms with Crippen LogP contribution in [0.3, 0.4) is 0 Å². The molecule has 0 saturated heterocycles. The average molecular weight is 477 g/mol. The van der Waals surface area contributed by atoms with E-state index in [-0.39, 0.29) is 18.7 Å². The van der Waals surface area contributed by atoms with Crippen molar-refractivity contribution in [1.29, 1.82) is 0 Å². The van der Waals surface area contributed by atoms with Gasteiger partial charge in [-0.3, -0.25) is 9.78 Å². The zero-order chi connectivity index (χ0) is 25.4. The number of carboxylic acid groups (broad SMARTS) is 1. The molecule has 8 nitrogen and oxygen atoms in total. The van der Waals surface area contributed by atoms with Gasteiger partial charge in [-0.2, -0.15) is 0 Å². The third-order valence-electron chi connectivity index (χ3n) is 4.88. The summed E-state index contributed by atoms with van der Waals surface area (Å²) < 4.78 is 10.6. The first kappa shape index (κ1) is 25.4. The van der Waals surface area contributed by atoms with Gasteiger partial charge in [-0.1, -0.05) is 24.3 Å². The number of carbonyl (C=O) groups excluding carboxylic acids is 2. The summed E-state index contributed by atoms with van der Waals surface area (Å²) in [5.41, 5.74) is 2.91. The van der Waals surface area contributed by atoms with E-state index in [9.17, 15) is 14.4 Å². The fourth-order valence-electron chi connectivity index (χ4n) is 3.34. The quantitative estimate of drug-likeness (QED) is 0.432. The Hall–Kier alpha value is -4.20. The van der Waals surface area contributed by atoms with Crippen LogP contribution in [0.5, 0.6) is 5.75 Å². The molecule has 0 bridgehead atoms. The first-order chi connectivity index (χ1) is 16.6. The smallest absolute Gasteiger partial charge is 0.407 e. The molecule has 1 amide bonds. The van der Waals surface area contributed by atoms with Crippen molar-refractivity contribution in [3.05, 3.63) is 83.7 Å². The second-order valence-corrected chi connectivity index (χ2v) is 8.89. The van der Waals surface area contributed by atoms with Crippen molar-refractivity contribution in [2.75, 3.05) is 6.61 Å². The van der Waals surface area contributed by atoms with E-state index in [0.717, 1.165) is 11.1 Å². The summed E-state index contributed by atoms with van der Waals surface area (Å²) in [6, 6.07) is 15.8. The van der Waals surface area contributed by atoms with Gasteiger partial charge in [0, 0.05) is 30.9 Å². The molecule has 2 N–H and O–H groups in total. The van der Waals surface area contributed by atoms with Gasteiger partial charge in [0.15, 0.2) is 12.4 Å². The number of ketones is 1. The summed E-state index contributed by atoms with van der Waals surface area (Å²) in [6.45, 7) is 5.04. The molecule has 2 aromatic carbocycles. The summed E-state index contributed by atoms with van der Waals surface area (Å²) in [4.78, 5) is 40.0. The maximum atomic E-state index is 13.0. The topological polar surface area (TPSA) is 115 Å². The Labute approximate surface area is 203 Å². The number of amides is 1. The van der Waals surface area contributed by atoms with Gasteiger partial charge in [0.05, 0.1) is 0 Å². The van der Waals surface area contributed by atoms with E-state index in [1.165, 1.54) is 0 Å². The van der Waals surface area contributed by atoms with Gasteiger partial charge in [0.1, 0.15) is 11.4 Å². The first-order valence-corrected chi connectivity index (χ1v) is 11.1. The minimum Gasteiger partial charge on any atom is -0.482 e. The van der Waals surface area contributed by atoms with Crippen LogP contribution < -0.4 is 10.1 Å². The normalized spacial score (nSPS) is 10.9. The first-order valence-electron chi connectivity index (χ1n) is 11.1. The van der Waals surface area contributed by atoms with E-state index in [1.54, 1.807) is 81.7 Å². The van der Waals surface area contributed by atoms with E-state index < -0.39 is 24.3 Å². The molecule has 0 aliphatic heterocycles. The van der Waals surface area contributed by atoms with Crippen LogP contribution >= 0.6 is 0 Å². The van der Waals surface area contributed by atoms with Crippen molar-refractivity contribution in [1.82, 2.24) is 10.3 Å². The van der Waals surface area contributed by atoms with E-state index in [4.69, 9.17) is 14.6 Å². The Morgan fingerprint density at radius 3 is 2.43 bits per heavy atom. The molecule has 1 aromatic heterocycles. The van der Waals surface area contributed by atoms with Gasteiger partial charge in [0.25, 0.3) is 0 Å². The van der Waals surface area contributed by atoms with E-state index in [1.807, 2.05) is 6.07 Å². The van der Waals surface area contributed by atoms with Crippen molar-refractivity contribution < 1.29 is 29.0 Å². The van der Waals surface area contributed by atoms with Gasteiger partial charge in [-0.25, -0.2) is 9.59 Å². The average Bonchev–Trinajstić information content (AvgIpc) is 2.81. The molecule has 3 aromatic rings.